The van der Waals surface area contributed by atoms with Crippen LogP contribution in [0.25, 0.3) is 0 Å². The van der Waals surface area contributed by atoms with Crippen molar-refractivity contribution in [3.05, 3.63) is 63.7 Å². The molecule has 0 aromatic heterocycles. The molecule has 1 unspecified atom stereocenters. The molecule has 0 N–H and O–H groups in total. The Morgan fingerprint density at radius 2 is 1.48 bits per heavy atom. The van der Waals surface area contributed by atoms with Gasteiger partial charge in [0, 0.05) is 24.4 Å². The number of aryl methyl sites for hydroxylation is 3. The van der Waals surface area contributed by atoms with Crippen LogP contribution >= 0.6 is 8.58 Å². The van der Waals surface area contributed by atoms with Crippen LogP contribution in [0, 0.1) is 34.6 Å². The summed E-state index contributed by atoms with van der Waals surface area (Å²) in [5.41, 5.74) is 7.07. The fourth-order valence-corrected chi connectivity index (χ4v) is 3.75. The van der Waals surface area contributed by atoms with Gasteiger partial charge in [-0.2, -0.15) is 0 Å². The molecule has 1 radical (unpaired) electrons. The molecule has 0 heterocycles. The first-order valence-corrected chi connectivity index (χ1v) is 7.86. The van der Waals surface area contributed by atoms with E-state index in [1.165, 1.54) is 16.7 Å². The minimum atomic E-state index is 0. The largest absolute Gasteiger partial charge is 0.289 e. The Hall–Kier alpha value is -0.863. The van der Waals surface area contributed by atoms with Crippen molar-refractivity contribution < 1.29 is 4.79 Å². The van der Waals surface area contributed by atoms with E-state index < -0.39 is 0 Å². The minimum absolute atomic E-state index is 0. The SMILES string of the molecule is Cc1ccccc1PC(=O)c1c(C)cc(C)c(C)c1C.[Li]. The second kappa shape index (κ2) is 7.42. The third-order valence-electron chi connectivity index (χ3n) is 3.98. The quantitative estimate of drug-likeness (QED) is 0.617. The molecule has 0 saturated carbocycles. The number of hydrogen-bond donors (Lipinski definition) is 0. The van der Waals surface area contributed by atoms with E-state index in [9.17, 15) is 4.79 Å². The van der Waals surface area contributed by atoms with Gasteiger partial charge < -0.3 is 0 Å². The van der Waals surface area contributed by atoms with Crippen LogP contribution in [0.3, 0.4) is 0 Å². The van der Waals surface area contributed by atoms with E-state index in [2.05, 4.69) is 45.9 Å². The zero-order chi connectivity index (χ0) is 14.9. The fraction of sp³-hybridized carbons (Fsp3) is 0.278. The fourth-order valence-electron chi connectivity index (χ4n) is 2.53. The van der Waals surface area contributed by atoms with Crippen LogP contribution in [0.4, 0.5) is 0 Å². The third-order valence-corrected chi connectivity index (χ3v) is 5.28. The summed E-state index contributed by atoms with van der Waals surface area (Å²) in [5.74, 6) is 0. The van der Waals surface area contributed by atoms with Crippen molar-refractivity contribution in [3.8, 4) is 0 Å². The standard InChI is InChI=1S/C18H21OP.Li/c1-11-8-6-7-9-16(11)20-18(19)17-13(3)10-12(2)14(4)15(17)5;/h6-10,20H,1-5H3;. The molecule has 0 saturated heterocycles. The predicted octanol–water partition coefficient (Wildman–Crippen LogP) is 3.99. The van der Waals surface area contributed by atoms with Crippen LogP contribution in [-0.4, -0.2) is 24.4 Å². The van der Waals surface area contributed by atoms with Gasteiger partial charge in [-0.05, 0) is 76.3 Å². The Morgan fingerprint density at radius 1 is 0.857 bits per heavy atom. The molecule has 1 atom stereocenters. The Kier molecular flexibility index (Phi) is 6.42. The zero-order valence-electron chi connectivity index (χ0n) is 13.8. The Balaban J connectivity index is 0.00000220. The normalized spacial score (nSPS) is 10.7. The molecule has 1 nitrogen and oxygen atoms in total. The van der Waals surface area contributed by atoms with Gasteiger partial charge in [0.2, 0.25) is 0 Å². The maximum absolute atomic E-state index is 12.7. The molecule has 0 spiro atoms. The Bertz CT molecular complexity index is 677. The van der Waals surface area contributed by atoms with Gasteiger partial charge >= 0.3 is 0 Å². The minimum Gasteiger partial charge on any atom is -0.289 e. The third kappa shape index (κ3) is 3.86. The van der Waals surface area contributed by atoms with E-state index in [0.717, 1.165) is 22.0 Å². The summed E-state index contributed by atoms with van der Waals surface area (Å²) in [6, 6.07) is 10.3. The zero-order valence-corrected chi connectivity index (χ0v) is 14.8. The predicted molar refractivity (Wildman–Crippen MR) is 94.6 cm³/mol. The van der Waals surface area contributed by atoms with Crippen LogP contribution in [0.5, 0.6) is 0 Å². The first-order chi connectivity index (χ1) is 9.41. The van der Waals surface area contributed by atoms with E-state index in [4.69, 9.17) is 0 Å². The molecule has 21 heavy (non-hydrogen) atoms. The van der Waals surface area contributed by atoms with Gasteiger partial charge in [-0.15, -0.1) is 0 Å². The van der Waals surface area contributed by atoms with E-state index in [0.29, 0.717) is 0 Å². The molecule has 0 aliphatic heterocycles. The molecule has 105 valence electrons. The van der Waals surface area contributed by atoms with Gasteiger partial charge in [0.05, 0.1) is 0 Å². The molecule has 3 heteroatoms. The summed E-state index contributed by atoms with van der Waals surface area (Å²) in [7, 11) is 0.202. The van der Waals surface area contributed by atoms with Gasteiger partial charge in [-0.3, -0.25) is 4.79 Å². The maximum atomic E-state index is 12.7. The topological polar surface area (TPSA) is 17.1 Å². The smallest absolute Gasteiger partial charge is 0.186 e. The number of hydrogen-bond acceptors (Lipinski definition) is 1. The van der Waals surface area contributed by atoms with Crippen LogP contribution in [-0.2, 0) is 0 Å². The van der Waals surface area contributed by atoms with Crippen molar-refractivity contribution in [2.24, 2.45) is 0 Å². The van der Waals surface area contributed by atoms with Gasteiger partial charge in [-0.25, -0.2) is 0 Å². The maximum Gasteiger partial charge on any atom is 0.186 e. The Labute approximate surface area is 141 Å². The van der Waals surface area contributed by atoms with Crippen molar-refractivity contribution in [2.45, 2.75) is 34.6 Å². The molecule has 2 aromatic rings. The second-order valence-corrected chi connectivity index (χ2v) is 6.65. The summed E-state index contributed by atoms with van der Waals surface area (Å²) < 4.78 is 0. The van der Waals surface area contributed by atoms with Gasteiger partial charge in [-0.1, -0.05) is 30.3 Å². The van der Waals surface area contributed by atoms with E-state index in [-0.39, 0.29) is 33.0 Å². The molecule has 0 bridgehead atoms. The Morgan fingerprint density at radius 3 is 2.10 bits per heavy atom. The van der Waals surface area contributed by atoms with Gasteiger partial charge in [0.15, 0.2) is 5.52 Å². The number of carbonyl (C=O) groups excluding carboxylic acids is 1. The molecular weight excluding hydrogens is 270 g/mol. The van der Waals surface area contributed by atoms with Crippen LogP contribution in [0.15, 0.2) is 30.3 Å². The molecule has 2 aromatic carbocycles. The summed E-state index contributed by atoms with van der Waals surface area (Å²) in [4.78, 5) is 12.7. The number of benzene rings is 2. The van der Waals surface area contributed by atoms with Crippen molar-refractivity contribution in [3.63, 3.8) is 0 Å². The van der Waals surface area contributed by atoms with Crippen molar-refractivity contribution in [2.75, 3.05) is 0 Å². The van der Waals surface area contributed by atoms with Gasteiger partial charge in [0.1, 0.15) is 0 Å². The summed E-state index contributed by atoms with van der Waals surface area (Å²) >= 11 is 0. The van der Waals surface area contributed by atoms with Crippen LogP contribution in [0.1, 0.15) is 38.2 Å². The van der Waals surface area contributed by atoms with E-state index in [1.807, 2.05) is 19.1 Å². The molecule has 0 aliphatic carbocycles. The molecule has 0 aliphatic rings. The summed E-state index contributed by atoms with van der Waals surface area (Å²) in [6.45, 7) is 10.4. The number of rotatable bonds is 3. The molecule has 2 rings (SSSR count). The summed E-state index contributed by atoms with van der Waals surface area (Å²) in [5, 5.41) is 1.15. The summed E-state index contributed by atoms with van der Waals surface area (Å²) in [6.07, 6.45) is 0. The van der Waals surface area contributed by atoms with Crippen LogP contribution < -0.4 is 5.30 Å². The average molecular weight is 291 g/mol. The van der Waals surface area contributed by atoms with Crippen molar-refractivity contribution in [1.29, 1.82) is 0 Å². The molecule has 0 amide bonds. The first kappa shape index (κ1) is 18.2. The van der Waals surface area contributed by atoms with Crippen molar-refractivity contribution in [1.82, 2.24) is 0 Å². The van der Waals surface area contributed by atoms with Crippen LogP contribution in [0.2, 0.25) is 0 Å². The second-order valence-electron chi connectivity index (χ2n) is 5.40. The average Bonchev–Trinajstić information content (AvgIpc) is 2.39. The van der Waals surface area contributed by atoms with E-state index in [1.54, 1.807) is 0 Å². The van der Waals surface area contributed by atoms with Crippen molar-refractivity contribution >= 4 is 38.3 Å². The van der Waals surface area contributed by atoms with Gasteiger partial charge in [0.25, 0.3) is 0 Å². The first-order valence-electron chi connectivity index (χ1n) is 6.86. The molecular formula is C18H21LiOP. The molecule has 0 fully saturated rings. The van der Waals surface area contributed by atoms with E-state index >= 15 is 0 Å². The number of carbonyl (C=O) groups is 1. The monoisotopic (exact) mass is 291 g/mol.